The zero-order valence-electron chi connectivity index (χ0n) is 11.9. The van der Waals surface area contributed by atoms with Crippen LogP contribution in [0.3, 0.4) is 0 Å². The van der Waals surface area contributed by atoms with Crippen molar-refractivity contribution in [2.75, 3.05) is 20.7 Å². The lowest BCUT2D eigenvalue weighted by Gasteiger charge is -2.17. The molecule has 110 valence electrons. The Morgan fingerprint density at radius 2 is 2.40 bits per heavy atom. The van der Waals surface area contributed by atoms with Gasteiger partial charge in [-0.1, -0.05) is 6.92 Å². The molecule has 7 nitrogen and oxygen atoms in total. The summed E-state index contributed by atoms with van der Waals surface area (Å²) in [6.45, 7) is 1.96. The maximum atomic E-state index is 12.0. The van der Waals surface area contributed by atoms with Gasteiger partial charge in [-0.2, -0.15) is 4.98 Å². The molecular formula is C13H20N4O3. The van der Waals surface area contributed by atoms with E-state index in [0.717, 1.165) is 6.42 Å². The van der Waals surface area contributed by atoms with Crippen molar-refractivity contribution in [3.05, 3.63) is 22.7 Å². The SMILES string of the molecule is CC1CC(CO)OC1n1ccc(N=CN(C)C)nc1=O. The molecule has 1 saturated heterocycles. The van der Waals surface area contributed by atoms with E-state index in [4.69, 9.17) is 9.84 Å². The summed E-state index contributed by atoms with van der Waals surface area (Å²) in [6, 6.07) is 1.67. The van der Waals surface area contributed by atoms with Crippen LogP contribution in [0.2, 0.25) is 0 Å². The number of aliphatic hydroxyl groups is 1. The second-order valence-electron chi connectivity index (χ2n) is 5.23. The molecular weight excluding hydrogens is 260 g/mol. The summed E-state index contributed by atoms with van der Waals surface area (Å²) in [5.74, 6) is 0.520. The third-order valence-corrected chi connectivity index (χ3v) is 3.17. The highest BCUT2D eigenvalue weighted by molar-refractivity contribution is 5.58. The first-order chi connectivity index (χ1) is 9.51. The van der Waals surface area contributed by atoms with Crippen molar-refractivity contribution in [1.29, 1.82) is 0 Å². The molecule has 0 spiro atoms. The number of rotatable bonds is 4. The van der Waals surface area contributed by atoms with E-state index in [1.807, 2.05) is 21.0 Å². The van der Waals surface area contributed by atoms with Crippen LogP contribution in [-0.4, -0.2) is 52.7 Å². The number of hydrogen-bond acceptors (Lipinski definition) is 5. The summed E-state index contributed by atoms with van der Waals surface area (Å²) >= 11 is 0. The third-order valence-electron chi connectivity index (χ3n) is 3.17. The van der Waals surface area contributed by atoms with E-state index >= 15 is 0 Å². The minimum atomic E-state index is -0.395. The Bertz CT molecular complexity index is 541. The first kappa shape index (κ1) is 14.7. The van der Waals surface area contributed by atoms with Crippen molar-refractivity contribution in [2.45, 2.75) is 25.7 Å². The summed E-state index contributed by atoms with van der Waals surface area (Å²) in [6.07, 6.45) is 3.36. The van der Waals surface area contributed by atoms with Gasteiger partial charge in [0.1, 0.15) is 6.23 Å². The number of aliphatic hydroxyl groups excluding tert-OH is 1. The highest BCUT2D eigenvalue weighted by Gasteiger charge is 2.33. The zero-order chi connectivity index (χ0) is 14.7. The average Bonchev–Trinajstić information content (AvgIpc) is 2.78. The number of aliphatic imine (C=N–C) groups is 1. The van der Waals surface area contributed by atoms with Crippen LogP contribution < -0.4 is 5.69 Å². The molecule has 2 rings (SSSR count). The fourth-order valence-corrected chi connectivity index (χ4v) is 2.22. The second kappa shape index (κ2) is 6.15. The van der Waals surface area contributed by atoms with Crippen LogP contribution in [0.15, 0.2) is 22.1 Å². The van der Waals surface area contributed by atoms with Gasteiger partial charge in [0.05, 0.1) is 19.0 Å². The molecule has 0 aromatic carbocycles. The smallest absolute Gasteiger partial charge is 0.351 e. The van der Waals surface area contributed by atoms with Gasteiger partial charge < -0.3 is 14.7 Å². The van der Waals surface area contributed by atoms with E-state index < -0.39 is 5.69 Å². The number of ether oxygens (including phenoxy) is 1. The van der Waals surface area contributed by atoms with E-state index in [1.54, 1.807) is 23.5 Å². The maximum absolute atomic E-state index is 12.0. The van der Waals surface area contributed by atoms with Crippen LogP contribution in [0.5, 0.6) is 0 Å². The summed E-state index contributed by atoms with van der Waals surface area (Å²) < 4.78 is 7.11. The molecule has 1 aliphatic heterocycles. The fourth-order valence-electron chi connectivity index (χ4n) is 2.22. The van der Waals surface area contributed by atoms with E-state index in [2.05, 4.69) is 9.98 Å². The highest BCUT2D eigenvalue weighted by Crippen LogP contribution is 2.32. The first-order valence-electron chi connectivity index (χ1n) is 6.57. The maximum Gasteiger partial charge on any atom is 0.351 e. The lowest BCUT2D eigenvalue weighted by molar-refractivity contribution is -0.0335. The summed E-state index contributed by atoms with van der Waals surface area (Å²) in [4.78, 5) is 21.8. The van der Waals surface area contributed by atoms with Gasteiger partial charge in [-0.25, -0.2) is 9.79 Å². The first-order valence-corrected chi connectivity index (χ1v) is 6.57. The Hall–Kier alpha value is -1.73. The van der Waals surface area contributed by atoms with Crippen LogP contribution in [0, 0.1) is 5.92 Å². The molecule has 1 N–H and O–H groups in total. The molecule has 3 unspecified atom stereocenters. The number of hydrogen-bond donors (Lipinski definition) is 1. The van der Waals surface area contributed by atoms with Gasteiger partial charge in [0.25, 0.3) is 0 Å². The Morgan fingerprint density at radius 1 is 1.65 bits per heavy atom. The van der Waals surface area contributed by atoms with Crippen LogP contribution in [0.4, 0.5) is 5.82 Å². The quantitative estimate of drug-likeness (QED) is 0.637. The van der Waals surface area contributed by atoms with Crippen LogP contribution in [0.25, 0.3) is 0 Å². The van der Waals surface area contributed by atoms with Crippen molar-refractivity contribution in [3.63, 3.8) is 0 Å². The van der Waals surface area contributed by atoms with Gasteiger partial charge >= 0.3 is 5.69 Å². The summed E-state index contributed by atoms with van der Waals surface area (Å²) in [7, 11) is 3.68. The molecule has 0 bridgehead atoms. The third kappa shape index (κ3) is 3.23. The zero-order valence-corrected chi connectivity index (χ0v) is 11.9. The monoisotopic (exact) mass is 280 g/mol. The topological polar surface area (TPSA) is 80.0 Å². The van der Waals surface area contributed by atoms with Crippen molar-refractivity contribution < 1.29 is 9.84 Å². The van der Waals surface area contributed by atoms with Crippen molar-refractivity contribution in [2.24, 2.45) is 10.9 Å². The van der Waals surface area contributed by atoms with E-state index in [1.165, 1.54) is 4.57 Å². The van der Waals surface area contributed by atoms with Gasteiger partial charge in [-0.15, -0.1) is 0 Å². The van der Waals surface area contributed by atoms with Crippen LogP contribution >= 0.6 is 0 Å². The predicted molar refractivity (Wildman–Crippen MR) is 75.1 cm³/mol. The average molecular weight is 280 g/mol. The van der Waals surface area contributed by atoms with Crippen molar-refractivity contribution in [1.82, 2.24) is 14.5 Å². The molecule has 0 aliphatic carbocycles. The van der Waals surface area contributed by atoms with Gasteiger partial charge in [0.15, 0.2) is 5.82 Å². The molecule has 7 heteroatoms. The molecule has 1 aromatic heterocycles. The standard InChI is InChI=1S/C13H20N4O3/c1-9-6-10(7-18)20-12(9)17-5-4-11(15-13(17)19)14-8-16(2)3/h4-5,8-10,12,18H,6-7H2,1-3H3. The van der Waals surface area contributed by atoms with Gasteiger partial charge in [-0.05, 0) is 12.5 Å². The van der Waals surface area contributed by atoms with E-state index in [9.17, 15) is 4.79 Å². The number of aromatic nitrogens is 2. The van der Waals surface area contributed by atoms with Gasteiger partial charge in [0, 0.05) is 26.2 Å². The lowest BCUT2D eigenvalue weighted by atomic mass is 10.1. The minimum absolute atomic E-state index is 0.0335. The summed E-state index contributed by atoms with van der Waals surface area (Å²) in [5, 5.41) is 9.13. The molecule has 1 fully saturated rings. The molecule has 1 aromatic rings. The highest BCUT2D eigenvalue weighted by atomic mass is 16.5. The molecule has 3 atom stereocenters. The van der Waals surface area contributed by atoms with E-state index in [0.29, 0.717) is 5.82 Å². The molecule has 0 amide bonds. The summed E-state index contributed by atoms with van der Waals surface area (Å²) in [5.41, 5.74) is -0.395. The van der Waals surface area contributed by atoms with Gasteiger partial charge in [-0.3, -0.25) is 4.57 Å². The Kier molecular flexibility index (Phi) is 4.51. The Labute approximate surface area is 117 Å². The Balaban J connectivity index is 2.20. The van der Waals surface area contributed by atoms with Crippen LogP contribution in [0.1, 0.15) is 19.6 Å². The molecule has 20 heavy (non-hydrogen) atoms. The largest absolute Gasteiger partial charge is 0.394 e. The minimum Gasteiger partial charge on any atom is -0.394 e. The normalized spacial score (nSPS) is 26.3. The molecule has 2 heterocycles. The van der Waals surface area contributed by atoms with Gasteiger partial charge in [0.2, 0.25) is 0 Å². The van der Waals surface area contributed by atoms with Crippen molar-refractivity contribution in [3.8, 4) is 0 Å². The fraction of sp³-hybridized carbons (Fsp3) is 0.615. The second-order valence-corrected chi connectivity index (χ2v) is 5.23. The van der Waals surface area contributed by atoms with Crippen LogP contribution in [-0.2, 0) is 4.74 Å². The molecule has 1 aliphatic rings. The van der Waals surface area contributed by atoms with Crippen molar-refractivity contribution >= 4 is 12.2 Å². The lowest BCUT2D eigenvalue weighted by Crippen LogP contribution is -2.29. The molecule has 0 radical (unpaired) electrons. The number of nitrogens with zero attached hydrogens (tertiary/aromatic N) is 4. The Morgan fingerprint density at radius 3 is 2.95 bits per heavy atom. The molecule has 0 saturated carbocycles. The predicted octanol–water partition coefficient (Wildman–Crippen LogP) is 0.381. The van der Waals surface area contributed by atoms with E-state index in [-0.39, 0.29) is 24.9 Å².